The van der Waals surface area contributed by atoms with Crippen LogP contribution < -0.4 is 0 Å². The van der Waals surface area contributed by atoms with Crippen molar-refractivity contribution < 1.29 is 80.2 Å². The topological polar surface area (TPSA) is 237 Å². The summed E-state index contributed by atoms with van der Waals surface area (Å²) in [6.45, 7) is 7.31. The molecule has 0 aromatic rings. The van der Waals surface area contributed by atoms with Crippen LogP contribution in [0.25, 0.3) is 0 Å². The van der Waals surface area contributed by atoms with Crippen molar-refractivity contribution in [1.82, 2.24) is 0 Å². The number of phosphoric ester groups is 2. The monoisotopic (exact) mass is 1370 g/mol. The fourth-order valence-electron chi connectivity index (χ4n) is 11.3. The van der Waals surface area contributed by atoms with Gasteiger partial charge in [-0.25, -0.2) is 9.13 Å². The molecule has 0 radical (unpaired) electrons. The number of esters is 4. The number of unbranched alkanes of at least 4 members (excludes halogenated alkanes) is 45. The highest BCUT2D eigenvalue weighted by Gasteiger charge is 2.30. The van der Waals surface area contributed by atoms with Gasteiger partial charge in [-0.15, -0.1) is 0 Å². The Morgan fingerprint density at radius 1 is 0.301 bits per heavy atom. The first-order chi connectivity index (χ1) is 45.1. The Bertz CT molecular complexity index is 1790. The van der Waals surface area contributed by atoms with Gasteiger partial charge in [0.05, 0.1) is 26.4 Å². The minimum absolute atomic E-state index is 0.107. The van der Waals surface area contributed by atoms with Crippen molar-refractivity contribution in [2.75, 3.05) is 39.6 Å². The standard InChI is InChI=1S/C74H144O17P2/c1-6-10-13-16-19-22-25-28-30-32-38-43-48-53-58-72(77)85-64-70(91-74(79)60-55-50-45-40-35-34-36-41-46-51-56-67(5)9-4)66-89-93(82,83)87-62-68(75)61-86-92(80,81)88-65-69(63-84-71(76)57-52-47-42-37-31-27-24-21-18-15-12-8-3)90-73(78)59-54-49-44-39-33-29-26-23-20-17-14-11-7-2/h67-70,75H,6-66H2,1-5H3,(H,80,81)(H,82,83)/t67?,68-,69+,70+/m0/s1. The molecule has 19 heteroatoms. The van der Waals surface area contributed by atoms with Crippen molar-refractivity contribution in [2.45, 2.75) is 406 Å². The normalized spacial score (nSPS) is 14.3. The van der Waals surface area contributed by atoms with Gasteiger partial charge < -0.3 is 33.8 Å². The summed E-state index contributed by atoms with van der Waals surface area (Å²) >= 11 is 0. The number of hydrogen-bond donors (Lipinski definition) is 3. The van der Waals surface area contributed by atoms with Gasteiger partial charge in [-0.05, 0) is 31.6 Å². The molecule has 3 unspecified atom stereocenters. The highest BCUT2D eigenvalue weighted by atomic mass is 31.2. The van der Waals surface area contributed by atoms with Gasteiger partial charge in [-0.3, -0.25) is 37.3 Å². The summed E-state index contributed by atoms with van der Waals surface area (Å²) in [7, 11) is -9.91. The third kappa shape index (κ3) is 67.0. The fourth-order valence-corrected chi connectivity index (χ4v) is 12.9. The summed E-state index contributed by atoms with van der Waals surface area (Å²) in [5.74, 6) is -1.31. The molecule has 552 valence electrons. The van der Waals surface area contributed by atoms with Crippen LogP contribution in [0.4, 0.5) is 0 Å². The summed E-state index contributed by atoms with van der Waals surface area (Å²) in [6, 6.07) is 0. The van der Waals surface area contributed by atoms with E-state index in [1.165, 1.54) is 212 Å². The van der Waals surface area contributed by atoms with E-state index < -0.39 is 97.5 Å². The van der Waals surface area contributed by atoms with Gasteiger partial charge in [0.2, 0.25) is 0 Å². The van der Waals surface area contributed by atoms with Crippen LogP contribution in [0.2, 0.25) is 0 Å². The number of carbonyl (C=O) groups excluding carboxylic acids is 4. The van der Waals surface area contributed by atoms with E-state index in [1.54, 1.807) is 0 Å². The van der Waals surface area contributed by atoms with Gasteiger partial charge in [-0.2, -0.15) is 0 Å². The molecule has 0 aliphatic rings. The molecule has 3 N–H and O–H groups in total. The van der Waals surface area contributed by atoms with Gasteiger partial charge in [0.15, 0.2) is 12.2 Å². The molecule has 0 heterocycles. The molecule has 0 fully saturated rings. The van der Waals surface area contributed by atoms with Crippen LogP contribution in [-0.2, 0) is 65.4 Å². The molecule has 0 saturated heterocycles. The van der Waals surface area contributed by atoms with E-state index in [2.05, 4.69) is 34.6 Å². The van der Waals surface area contributed by atoms with Crippen molar-refractivity contribution in [2.24, 2.45) is 5.92 Å². The highest BCUT2D eigenvalue weighted by Crippen LogP contribution is 2.45. The molecule has 0 aliphatic carbocycles. The lowest BCUT2D eigenvalue weighted by molar-refractivity contribution is -0.161. The minimum Gasteiger partial charge on any atom is -0.462 e. The van der Waals surface area contributed by atoms with Crippen LogP contribution in [-0.4, -0.2) is 96.7 Å². The molecule has 6 atom stereocenters. The van der Waals surface area contributed by atoms with Crippen molar-refractivity contribution in [3.63, 3.8) is 0 Å². The fraction of sp³-hybridized carbons (Fsp3) is 0.946. The zero-order valence-electron chi connectivity index (χ0n) is 60.4. The van der Waals surface area contributed by atoms with E-state index in [0.717, 1.165) is 95.8 Å². The molecule has 93 heavy (non-hydrogen) atoms. The first kappa shape index (κ1) is 91.1. The lowest BCUT2D eigenvalue weighted by Crippen LogP contribution is -2.30. The van der Waals surface area contributed by atoms with Crippen LogP contribution in [0.3, 0.4) is 0 Å². The van der Waals surface area contributed by atoms with Gasteiger partial charge in [0, 0.05) is 25.7 Å². The number of rotatable bonds is 74. The van der Waals surface area contributed by atoms with Crippen LogP contribution in [0.1, 0.15) is 388 Å². The minimum atomic E-state index is -4.95. The van der Waals surface area contributed by atoms with E-state index in [-0.39, 0.29) is 25.7 Å². The van der Waals surface area contributed by atoms with E-state index in [0.29, 0.717) is 25.7 Å². The first-order valence-electron chi connectivity index (χ1n) is 38.7. The van der Waals surface area contributed by atoms with Crippen LogP contribution >= 0.6 is 15.6 Å². The van der Waals surface area contributed by atoms with E-state index in [1.807, 2.05) is 0 Å². The third-order valence-corrected chi connectivity index (χ3v) is 19.5. The highest BCUT2D eigenvalue weighted by molar-refractivity contribution is 7.47. The number of hydrogen-bond acceptors (Lipinski definition) is 15. The average molecular weight is 1370 g/mol. The zero-order valence-corrected chi connectivity index (χ0v) is 62.2. The predicted octanol–water partition coefficient (Wildman–Crippen LogP) is 21.7. The van der Waals surface area contributed by atoms with Crippen LogP contribution in [0, 0.1) is 5.92 Å². The zero-order chi connectivity index (χ0) is 68.4. The molecule has 0 amide bonds. The third-order valence-electron chi connectivity index (χ3n) is 17.6. The van der Waals surface area contributed by atoms with Crippen molar-refractivity contribution in [3.05, 3.63) is 0 Å². The lowest BCUT2D eigenvalue weighted by Gasteiger charge is -2.21. The van der Waals surface area contributed by atoms with E-state index >= 15 is 0 Å². The number of aliphatic hydroxyl groups excluding tert-OH is 1. The van der Waals surface area contributed by atoms with Crippen molar-refractivity contribution >= 4 is 39.5 Å². The Morgan fingerprint density at radius 3 is 0.763 bits per heavy atom. The smallest absolute Gasteiger partial charge is 0.462 e. The molecule has 0 rings (SSSR count). The molecule has 17 nitrogen and oxygen atoms in total. The number of carbonyl (C=O) groups is 4. The SMILES string of the molecule is CCCCCCCCCCCCCCCCC(=O)OC[C@H](COP(=O)(O)OC[C@@H](O)COP(=O)(O)OC[C@@H](COC(=O)CCCCCCCCCCCCCC)OC(=O)CCCCCCCCCCCCCCC)OC(=O)CCCCCCCCCCCCC(C)CC. The maximum atomic E-state index is 13.1. The molecular formula is C74H144O17P2. The summed E-state index contributed by atoms with van der Waals surface area (Å²) in [5, 5.41) is 10.6. The predicted molar refractivity (Wildman–Crippen MR) is 377 cm³/mol. The van der Waals surface area contributed by atoms with Crippen molar-refractivity contribution in [3.8, 4) is 0 Å². The Morgan fingerprint density at radius 2 is 0.516 bits per heavy atom. The number of phosphoric acid groups is 2. The largest absolute Gasteiger partial charge is 0.472 e. The number of aliphatic hydroxyl groups is 1. The summed E-state index contributed by atoms with van der Waals surface area (Å²) in [6.07, 6.45) is 55.2. The average Bonchev–Trinajstić information content (AvgIpc) is 2.31. The van der Waals surface area contributed by atoms with E-state index in [4.69, 9.17) is 37.0 Å². The maximum Gasteiger partial charge on any atom is 0.472 e. The molecule has 0 spiro atoms. The second kappa shape index (κ2) is 67.3. The summed E-state index contributed by atoms with van der Waals surface area (Å²) in [4.78, 5) is 72.8. The molecule has 0 aromatic carbocycles. The molecule has 0 aliphatic heterocycles. The second-order valence-electron chi connectivity index (χ2n) is 26.9. The van der Waals surface area contributed by atoms with Gasteiger partial charge >= 0.3 is 39.5 Å². The van der Waals surface area contributed by atoms with Crippen LogP contribution in [0.15, 0.2) is 0 Å². The van der Waals surface area contributed by atoms with Gasteiger partial charge in [0.1, 0.15) is 19.3 Å². The quantitative estimate of drug-likeness (QED) is 0.0222. The second-order valence-corrected chi connectivity index (χ2v) is 29.8. The van der Waals surface area contributed by atoms with E-state index in [9.17, 15) is 43.2 Å². The lowest BCUT2D eigenvalue weighted by atomic mass is 9.99. The van der Waals surface area contributed by atoms with Gasteiger partial charge in [-0.1, -0.05) is 336 Å². The van der Waals surface area contributed by atoms with Crippen molar-refractivity contribution in [1.29, 1.82) is 0 Å². The Hall–Kier alpha value is -1.94. The number of ether oxygens (including phenoxy) is 4. The van der Waals surface area contributed by atoms with Gasteiger partial charge in [0.25, 0.3) is 0 Å². The van der Waals surface area contributed by atoms with Crippen LogP contribution in [0.5, 0.6) is 0 Å². The maximum absolute atomic E-state index is 13.1. The molecule has 0 saturated carbocycles. The Kier molecular flexibility index (Phi) is 65.9. The summed E-state index contributed by atoms with van der Waals surface area (Å²) < 4.78 is 68.5. The molecular weight excluding hydrogens is 1220 g/mol. The Labute approximate surface area is 568 Å². The summed E-state index contributed by atoms with van der Waals surface area (Å²) in [5.41, 5.74) is 0. The molecule has 0 bridgehead atoms. The first-order valence-corrected chi connectivity index (χ1v) is 41.7. The molecule has 0 aromatic heterocycles. The Balaban J connectivity index is 5.26.